The Morgan fingerprint density at radius 2 is 1.85 bits per heavy atom. The minimum Gasteiger partial charge on any atom is -0.481 e. The van der Waals surface area contributed by atoms with E-state index >= 15 is 0 Å². The molecule has 1 aliphatic heterocycles. The Hall–Kier alpha value is -2.72. The van der Waals surface area contributed by atoms with Gasteiger partial charge in [-0.2, -0.15) is 9.29 Å². The van der Waals surface area contributed by atoms with E-state index in [1.807, 2.05) is 4.90 Å². The number of carbonyl (C=O) groups is 1. The summed E-state index contributed by atoms with van der Waals surface area (Å²) in [6, 6.07) is 7.50. The first-order valence-electron chi connectivity index (χ1n) is 8.26. The van der Waals surface area contributed by atoms with Gasteiger partial charge >= 0.3 is 5.97 Å². The average molecular weight is 392 g/mol. The van der Waals surface area contributed by atoms with Gasteiger partial charge in [-0.3, -0.25) is 0 Å². The van der Waals surface area contributed by atoms with Gasteiger partial charge in [0.15, 0.2) is 0 Å². The van der Waals surface area contributed by atoms with Crippen molar-refractivity contribution in [2.24, 2.45) is 0 Å². The predicted octanol–water partition coefficient (Wildman–Crippen LogP) is 0.783. The van der Waals surface area contributed by atoms with Crippen LogP contribution in [0.15, 0.2) is 41.4 Å². The molecule has 0 amide bonds. The maximum atomic E-state index is 12.9. The predicted molar refractivity (Wildman–Crippen MR) is 97.3 cm³/mol. The van der Waals surface area contributed by atoms with Gasteiger partial charge in [-0.25, -0.2) is 18.2 Å². The van der Waals surface area contributed by atoms with Crippen LogP contribution in [0.4, 0.5) is 5.95 Å². The third-order valence-corrected chi connectivity index (χ3v) is 6.14. The fourth-order valence-electron chi connectivity index (χ4n) is 2.78. The molecular weight excluding hydrogens is 372 g/mol. The third kappa shape index (κ3) is 4.01. The fraction of sp³-hybridized carbons (Fsp3) is 0.353. The Morgan fingerprint density at radius 1 is 1.11 bits per heavy atom. The molecular formula is C17H20N4O5S. The maximum absolute atomic E-state index is 12.9. The van der Waals surface area contributed by atoms with Crippen molar-refractivity contribution in [3.63, 3.8) is 0 Å². The van der Waals surface area contributed by atoms with Crippen LogP contribution in [-0.4, -0.2) is 69.1 Å². The topological polar surface area (TPSA) is 102 Å². The highest BCUT2D eigenvalue weighted by atomic mass is 32.2. The minimum absolute atomic E-state index is 0.0662. The van der Waals surface area contributed by atoms with Crippen molar-refractivity contribution >= 4 is 21.9 Å². The number of aromatic nitrogens is 2. The van der Waals surface area contributed by atoms with Gasteiger partial charge in [-0.05, 0) is 18.2 Å². The number of hydrogen-bond acceptors (Lipinski definition) is 8. The van der Waals surface area contributed by atoms with Crippen LogP contribution >= 0.6 is 0 Å². The summed E-state index contributed by atoms with van der Waals surface area (Å²) in [5, 5.41) is 0. The number of esters is 1. The summed E-state index contributed by atoms with van der Waals surface area (Å²) in [6.45, 7) is 1.46. The normalized spacial score (nSPS) is 15.4. The molecule has 1 fully saturated rings. The van der Waals surface area contributed by atoms with Gasteiger partial charge in [0.05, 0.1) is 24.7 Å². The molecule has 144 valence electrons. The summed E-state index contributed by atoms with van der Waals surface area (Å²) in [5.74, 6) is 0.376. The number of ether oxygens (including phenoxy) is 2. The summed E-state index contributed by atoms with van der Waals surface area (Å²) in [4.78, 5) is 22.1. The lowest BCUT2D eigenvalue weighted by atomic mass is 10.2. The SMILES string of the molecule is COC(=O)c1cccc(S(=O)(=O)N2CCN(c3nccc(OC)n3)CC2)c1. The molecule has 1 aromatic heterocycles. The molecule has 0 spiro atoms. The number of rotatable bonds is 5. The first-order valence-corrected chi connectivity index (χ1v) is 9.70. The highest BCUT2D eigenvalue weighted by Gasteiger charge is 2.30. The van der Waals surface area contributed by atoms with E-state index < -0.39 is 16.0 Å². The van der Waals surface area contributed by atoms with Gasteiger partial charge in [0, 0.05) is 38.4 Å². The lowest BCUT2D eigenvalue weighted by Gasteiger charge is -2.34. The molecule has 2 heterocycles. The molecule has 0 unspecified atom stereocenters. The van der Waals surface area contributed by atoms with Crippen LogP contribution in [0.5, 0.6) is 5.88 Å². The van der Waals surface area contributed by atoms with E-state index in [9.17, 15) is 13.2 Å². The standard InChI is InChI=1S/C17H20N4O5S/c1-25-15-6-7-18-17(19-15)20-8-10-21(11-9-20)27(23,24)14-5-3-4-13(12-14)16(22)26-2/h3-7,12H,8-11H2,1-2H3. The number of sulfonamides is 1. The summed E-state index contributed by atoms with van der Waals surface area (Å²) >= 11 is 0. The molecule has 0 saturated carbocycles. The first-order chi connectivity index (χ1) is 13.0. The highest BCUT2D eigenvalue weighted by molar-refractivity contribution is 7.89. The molecule has 0 bridgehead atoms. The first kappa shape index (κ1) is 19.1. The zero-order chi connectivity index (χ0) is 19.4. The lowest BCUT2D eigenvalue weighted by molar-refractivity contribution is 0.0600. The molecule has 0 aliphatic carbocycles. The molecule has 10 heteroatoms. The largest absolute Gasteiger partial charge is 0.481 e. The average Bonchev–Trinajstić information content (AvgIpc) is 2.73. The second kappa shape index (κ2) is 7.89. The summed E-state index contributed by atoms with van der Waals surface area (Å²) in [6.07, 6.45) is 1.60. The molecule has 1 aliphatic rings. The van der Waals surface area contributed by atoms with Crippen molar-refractivity contribution in [3.05, 3.63) is 42.1 Å². The molecule has 1 aromatic carbocycles. The number of carbonyl (C=O) groups excluding carboxylic acids is 1. The molecule has 27 heavy (non-hydrogen) atoms. The quantitative estimate of drug-likeness (QED) is 0.688. The summed E-state index contributed by atoms with van der Waals surface area (Å²) < 4.78 is 36.9. The zero-order valence-electron chi connectivity index (χ0n) is 15.0. The Balaban J connectivity index is 1.74. The zero-order valence-corrected chi connectivity index (χ0v) is 15.8. The van der Waals surface area contributed by atoms with Crippen LogP contribution in [0.1, 0.15) is 10.4 Å². The van der Waals surface area contributed by atoms with E-state index in [0.717, 1.165) is 0 Å². The van der Waals surface area contributed by atoms with Gasteiger partial charge in [-0.1, -0.05) is 6.07 Å². The highest BCUT2D eigenvalue weighted by Crippen LogP contribution is 2.21. The van der Waals surface area contributed by atoms with Crippen LogP contribution in [-0.2, 0) is 14.8 Å². The van der Waals surface area contributed by atoms with E-state index in [1.165, 1.54) is 42.8 Å². The fourth-order valence-corrected chi connectivity index (χ4v) is 4.25. The monoisotopic (exact) mass is 392 g/mol. The third-order valence-electron chi connectivity index (χ3n) is 4.24. The molecule has 1 saturated heterocycles. The summed E-state index contributed by atoms with van der Waals surface area (Å²) in [5.41, 5.74) is 0.196. The van der Waals surface area contributed by atoms with Crippen LogP contribution in [0, 0.1) is 0 Å². The second-order valence-electron chi connectivity index (χ2n) is 5.81. The van der Waals surface area contributed by atoms with E-state index in [4.69, 9.17) is 4.74 Å². The van der Waals surface area contributed by atoms with Gasteiger partial charge < -0.3 is 14.4 Å². The van der Waals surface area contributed by atoms with Crippen LogP contribution in [0.3, 0.4) is 0 Å². The van der Waals surface area contributed by atoms with Gasteiger partial charge in [0.25, 0.3) is 0 Å². The Morgan fingerprint density at radius 3 is 2.52 bits per heavy atom. The van der Waals surface area contributed by atoms with Crippen molar-refractivity contribution in [1.29, 1.82) is 0 Å². The molecule has 0 atom stereocenters. The van der Waals surface area contributed by atoms with Crippen LogP contribution in [0.25, 0.3) is 0 Å². The van der Waals surface area contributed by atoms with Crippen molar-refractivity contribution in [1.82, 2.24) is 14.3 Å². The van der Waals surface area contributed by atoms with Gasteiger partial charge in [0.1, 0.15) is 0 Å². The molecule has 0 radical (unpaired) electrons. The number of hydrogen-bond donors (Lipinski definition) is 0. The number of benzene rings is 1. The van der Waals surface area contributed by atoms with Crippen LogP contribution in [0.2, 0.25) is 0 Å². The number of nitrogens with zero attached hydrogens (tertiary/aromatic N) is 4. The van der Waals surface area contributed by atoms with E-state index in [0.29, 0.717) is 24.9 Å². The van der Waals surface area contributed by atoms with E-state index in [2.05, 4.69) is 14.7 Å². The Labute approximate surface area is 157 Å². The number of piperazine rings is 1. The minimum atomic E-state index is -3.71. The van der Waals surface area contributed by atoms with Crippen molar-refractivity contribution in [3.8, 4) is 5.88 Å². The van der Waals surface area contributed by atoms with Gasteiger partial charge in [-0.15, -0.1) is 0 Å². The second-order valence-corrected chi connectivity index (χ2v) is 7.75. The number of anilines is 1. The van der Waals surface area contributed by atoms with E-state index in [1.54, 1.807) is 12.3 Å². The van der Waals surface area contributed by atoms with Crippen LogP contribution < -0.4 is 9.64 Å². The Bertz CT molecular complexity index is 926. The molecule has 3 rings (SSSR count). The van der Waals surface area contributed by atoms with E-state index in [-0.39, 0.29) is 23.5 Å². The van der Waals surface area contributed by atoms with Gasteiger partial charge in [0.2, 0.25) is 21.9 Å². The van der Waals surface area contributed by atoms with Crippen molar-refractivity contribution < 1.29 is 22.7 Å². The maximum Gasteiger partial charge on any atom is 0.337 e. The molecule has 9 nitrogen and oxygen atoms in total. The molecule has 2 aromatic rings. The summed E-state index contributed by atoms with van der Waals surface area (Å²) in [7, 11) is -0.931. The van der Waals surface area contributed by atoms with Crippen molar-refractivity contribution in [2.45, 2.75) is 4.90 Å². The Kier molecular flexibility index (Phi) is 5.57. The number of methoxy groups -OCH3 is 2. The van der Waals surface area contributed by atoms with Crippen molar-refractivity contribution in [2.75, 3.05) is 45.3 Å². The molecule has 0 N–H and O–H groups in total. The smallest absolute Gasteiger partial charge is 0.337 e. The lowest BCUT2D eigenvalue weighted by Crippen LogP contribution is -2.49.